The summed E-state index contributed by atoms with van der Waals surface area (Å²) in [4.78, 5) is 25.2. The number of nitrogens with two attached hydrogens (primary N) is 1. The van der Waals surface area contributed by atoms with Crippen LogP contribution in [0.5, 0.6) is 0 Å². The number of hydrogen-bond acceptors (Lipinski definition) is 8. The molecule has 0 saturated carbocycles. The monoisotopic (exact) mass is 432 g/mol. The molecule has 29 heavy (non-hydrogen) atoms. The molecule has 1 amide bonds. The van der Waals surface area contributed by atoms with E-state index in [4.69, 9.17) is 5.14 Å². The van der Waals surface area contributed by atoms with Crippen LogP contribution in [0.1, 0.15) is 22.6 Å². The van der Waals surface area contributed by atoms with Gasteiger partial charge in [-0.25, -0.2) is 28.5 Å². The number of nitrogens with zero attached hydrogens (tertiary/aromatic N) is 3. The number of aromatic nitrogens is 3. The Balaban J connectivity index is 1.53. The van der Waals surface area contributed by atoms with Gasteiger partial charge in [-0.3, -0.25) is 4.79 Å². The third kappa shape index (κ3) is 6.04. The number of hydrogen-bond donors (Lipinski definition) is 3. The van der Waals surface area contributed by atoms with E-state index < -0.39 is 10.0 Å². The number of rotatable bonds is 7. The molecule has 3 aromatic rings. The first kappa shape index (κ1) is 20.8. The third-order valence-electron chi connectivity index (χ3n) is 3.84. The fourth-order valence-corrected chi connectivity index (χ4v) is 3.77. The second-order valence-corrected chi connectivity index (χ2v) is 8.81. The van der Waals surface area contributed by atoms with Gasteiger partial charge in [0.25, 0.3) is 0 Å². The summed E-state index contributed by atoms with van der Waals surface area (Å²) in [5.74, 6) is 0.274. The summed E-state index contributed by atoms with van der Waals surface area (Å²) in [7, 11) is -3.73. The van der Waals surface area contributed by atoms with Gasteiger partial charge in [-0.2, -0.15) is 0 Å². The molecule has 2 heterocycles. The normalized spacial score (nSPS) is 11.3. The fraction of sp³-hybridized carbons (Fsp3) is 0.222. The van der Waals surface area contributed by atoms with Crippen LogP contribution in [0.2, 0.25) is 0 Å². The Bertz CT molecular complexity index is 1110. The molecule has 2 aromatic heterocycles. The van der Waals surface area contributed by atoms with Crippen LogP contribution in [0.15, 0.2) is 40.6 Å². The second-order valence-electron chi connectivity index (χ2n) is 6.39. The van der Waals surface area contributed by atoms with Crippen LogP contribution in [0.25, 0.3) is 0 Å². The van der Waals surface area contributed by atoms with Crippen molar-refractivity contribution in [3.8, 4) is 0 Å². The van der Waals surface area contributed by atoms with Crippen LogP contribution in [0, 0.1) is 13.8 Å². The highest BCUT2D eigenvalue weighted by Crippen LogP contribution is 2.19. The molecular formula is C18H20N6O3S2. The van der Waals surface area contributed by atoms with Gasteiger partial charge in [0.1, 0.15) is 0 Å². The van der Waals surface area contributed by atoms with Gasteiger partial charge in [-0.15, -0.1) is 11.3 Å². The van der Waals surface area contributed by atoms with Crippen molar-refractivity contribution in [3.05, 3.63) is 58.4 Å². The van der Waals surface area contributed by atoms with E-state index in [9.17, 15) is 13.2 Å². The van der Waals surface area contributed by atoms with Crippen LogP contribution in [-0.4, -0.2) is 29.3 Å². The molecule has 0 spiro atoms. The van der Waals surface area contributed by atoms with Gasteiger partial charge in [0.15, 0.2) is 5.13 Å². The largest absolute Gasteiger partial charge is 0.352 e. The molecule has 0 bridgehead atoms. The number of aryl methyl sites for hydroxylation is 2. The number of sulfonamides is 1. The number of thiazole rings is 1. The lowest BCUT2D eigenvalue weighted by Crippen LogP contribution is -2.24. The molecule has 1 aromatic carbocycles. The first-order chi connectivity index (χ1) is 13.7. The third-order valence-corrected chi connectivity index (χ3v) is 5.57. The Hall–Kier alpha value is -2.89. The first-order valence-electron chi connectivity index (χ1n) is 8.61. The summed E-state index contributed by atoms with van der Waals surface area (Å²) in [6.07, 6.45) is 0.126. The molecule has 0 aliphatic heterocycles. The average molecular weight is 433 g/mol. The zero-order chi connectivity index (χ0) is 21.0. The van der Waals surface area contributed by atoms with Gasteiger partial charge in [-0.05, 0) is 37.6 Å². The van der Waals surface area contributed by atoms with E-state index in [-0.39, 0.29) is 23.8 Å². The lowest BCUT2D eigenvalue weighted by atomic mass is 10.2. The molecule has 3 rings (SSSR count). The molecule has 0 fully saturated rings. The van der Waals surface area contributed by atoms with Gasteiger partial charge in [0, 0.05) is 23.3 Å². The van der Waals surface area contributed by atoms with Crippen molar-refractivity contribution in [3.63, 3.8) is 0 Å². The highest BCUT2D eigenvalue weighted by molar-refractivity contribution is 7.89. The maximum absolute atomic E-state index is 12.2. The van der Waals surface area contributed by atoms with Gasteiger partial charge >= 0.3 is 0 Å². The standard InChI is InChI=1S/C18H20N6O3S2/c1-11-7-12(2)22-17(21-11)24-18-23-14(10-28-18)8-16(25)20-9-13-3-5-15(6-4-13)29(19,26)27/h3-7,10H,8-9H2,1-2H3,(H,20,25)(H2,19,26,27)(H,21,22,23,24). The van der Waals surface area contributed by atoms with Gasteiger partial charge in [0.2, 0.25) is 21.9 Å². The zero-order valence-corrected chi connectivity index (χ0v) is 17.5. The number of primary sulfonamides is 1. The van der Waals surface area contributed by atoms with Crippen molar-refractivity contribution in [2.45, 2.75) is 31.7 Å². The van der Waals surface area contributed by atoms with E-state index in [2.05, 4.69) is 25.6 Å². The number of carbonyl (C=O) groups is 1. The Kier molecular flexibility index (Phi) is 6.20. The molecule has 0 atom stereocenters. The molecule has 11 heteroatoms. The molecule has 0 radical (unpaired) electrons. The van der Waals surface area contributed by atoms with E-state index in [1.165, 1.54) is 23.5 Å². The predicted molar refractivity (Wildman–Crippen MR) is 110 cm³/mol. The highest BCUT2D eigenvalue weighted by Gasteiger charge is 2.10. The number of amides is 1. The minimum absolute atomic E-state index is 0.0304. The SMILES string of the molecule is Cc1cc(C)nc(Nc2nc(CC(=O)NCc3ccc(S(N)(=O)=O)cc3)cs2)n1. The van der Waals surface area contributed by atoms with Crippen molar-refractivity contribution in [2.24, 2.45) is 5.14 Å². The van der Waals surface area contributed by atoms with E-state index in [1.54, 1.807) is 17.5 Å². The van der Waals surface area contributed by atoms with Crippen LogP contribution in [0.4, 0.5) is 11.1 Å². The van der Waals surface area contributed by atoms with Gasteiger partial charge < -0.3 is 10.6 Å². The lowest BCUT2D eigenvalue weighted by molar-refractivity contribution is -0.120. The van der Waals surface area contributed by atoms with Gasteiger partial charge in [-0.1, -0.05) is 12.1 Å². The van der Waals surface area contributed by atoms with Crippen molar-refractivity contribution in [2.75, 3.05) is 5.32 Å². The Labute approximate surface area is 172 Å². The number of nitrogens with one attached hydrogen (secondary N) is 2. The number of anilines is 2. The minimum atomic E-state index is -3.73. The Morgan fingerprint density at radius 1 is 1.10 bits per heavy atom. The van der Waals surface area contributed by atoms with Crippen LogP contribution >= 0.6 is 11.3 Å². The molecular weight excluding hydrogens is 412 g/mol. The fourth-order valence-electron chi connectivity index (χ4n) is 2.55. The summed E-state index contributed by atoms with van der Waals surface area (Å²) in [5, 5.41) is 13.3. The van der Waals surface area contributed by atoms with Crippen molar-refractivity contribution in [1.29, 1.82) is 0 Å². The minimum Gasteiger partial charge on any atom is -0.352 e. The second kappa shape index (κ2) is 8.64. The summed E-state index contributed by atoms with van der Waals surface area (Å²) in [6, 6.07) is 7.91. The first-order valence-corrected chi connectivity index (χ1v) is 11.0. The molecule has 0 unspecified atom stereocenters. The lowest BCUT2D eigenvalue weighted by Gasteiger charge is -2.05. The van der Waals surface area contributed by atoms with Gasteiger partial charge in [0.05, 0.1) is 17.0 Å². The summed E-state index contributed by atoms with van der Waals surface area (Å²) in [6.45, 7) is 4.05. The van der Waals surface area contributed by atoms with Crippen LogP contribution in [0.3, 0.4) is 0 Å². The van der Waals surface area contributed by atoms with Crippen molar-refractivity contribution in [1.82, 2.24) is 20.3 Å². The number of benzene rings is 1. The van der Waals surface area contributed by atoms with E-state index in [0.717, 1.165) is 17.0 Å². The predicted octanol–water partition coefficient (Wildman–Crippen LogP) is 1.80. The molecule has 0 saturated heterocycles. The molecule has 9 nitrogen and oxygen atoms in total. The highest BCUT2D eigenvalue weighted by atomic mass is 32.2. The number of carbonyl (C=O) groups excluding carboxylic acids is 1. The molecule has 4 N–H and O–H groups in total. The van der Waals surface area contributed by atoms with Crippen molar-refractivity contribution < 1.29 is 13.2 Å². The molecule has 0 aliphatic rings. The van der Waals surface area contributed by atoms with Crippen LogP contribution in [-0.2, 0) is 27.8 Å². The van der Waals surface area contributed by atoms with E-state index in [1.807, 2.05) is 19.9 Å². The molecule has 0 aliphatic carbocycles. The van der Waals surface area contributed by atoms with E-state index >= 15 is 0 Å². The zero-order valence-electron chi connectivity index (χ0n) is 15.8. The maximum atomic E-state index is 12.2. The Morgan fingerprint density at radius 2 is 1.76 bits per heavy atom. The van der Waals surface area contributed by atoms with Crippen LogP contribution < -0.4 is 15.8 Å². The van der Waals surface area contributed by atoms with E-state index in [0.29, 0.717) is 16.8 Å². The summed E-state index contributed by atoms with van der Waals surface area (Å²) >= 11 is 1.37. The topological polar surface area (TPSA) is 140 Å². The smallest absolute Gasteiger partial charge is 0.238 e. The summed E-state index contributed by atoms with van der Waals surface area (Å²) < 4.78 is 22.5. The molecule has 152 valence electrons. The summed E-state index contributed by atoms with van der Waals surface area (Å²) in [5.41, 5.74) is 3.10. The Morgan fingerprint density at radius 3 is 2.38 bits per heavy atom. The van der Waals surface area contributed by atoms with Crippen molar-refractivity contribution >= 4 is 38.3 Å². The quantitative estimate of drug-likeness (QED) is 0.517. The maximum Gasteiger partial charge on any atom is 0.238 e. The average Bonchev–Trinajstić information content (AvgIpc) is 3.05.